The number of hydrogen-bond donors (Lipinski definition) is 1. The Balaban J connectivity index is 2.10. The van der Waals surface area contributed by atoms with E-state index in [1.807, 2.05) is 0 Å². The van der Waals surface area contributed by atoms with Gasteiger partial charge in [-0.05, 0) is 41.3 Å². The van der Waals surface area contributed by atoms with Gasteiger partial charge < -0.3 is 5.11 Å². The number of halogens is 4. The highest BCUT2D eigenvalue weighted by Gasteiger charge is 2.40. The van der Waals surface area contributed by atoms with E-state index in [1.54, 1.807) is 37.3 Å². The van der Waals surface area contributed by atoms with Crippen LogP contribution in [0, 0.1) is 0 Å². The number of hydrogen-bond acceptors (Lipinski definition) is 3. The van der Waals surface area contributed by atoms with Gasteiger partial charge in [0, 0.05) is 5.02 Å². The fourth-order valence-electron chi connectivity index (χ4n) is 2.98. The van der Waals surface area contributed by atoms with Gasteiger partial charge in [0.1, 0.15) is 18.3 Å². The van der Waals surface area contributed by atoms with Crippen LogP contribution in [0.25, 0.3) is 11.1 Å². The van der Waals surface area contributed by atoms with E-state index in [1.165, 1.54) is 23.4 Å². The third-order valence-electron chi connectivity index (χ3n) is 4.48. The summed E-state index contributed by atoms with van der Waals surface area (Å²) in [7, 11) is 0. The van der Waals surface area contributed by atoms with Gasteiger partial charge >= 0.3 is 6.18 Å². The molecule has 0 saturated heterocycles. The molecule has 0 radical (unpaired) electrons. The Labute approximate surface area is 159 Å². The minimum absolute atomic E-state index is 0.0796. The van der Waals surface area contributed by atoms with E-state index in [-0.39, 0.29) is 18.5 Å². The maximum absolute atomic E-state index is 13.8. The van der Waals surface area contributed by atoms with Crippen molar-refractivity contribution in [3.05, 3.63) is 71.3 Å². The molecule has 4 nitrogen and oxygen atoms in total. The number of nitrogens with zero attached hydrogens (tertiary/aromatic N) is 3. The van der Waals surface area contributed by atoms with Gasteiger partial charge in [-0.25, -0.2) is 9.67 Å². The summed E-state index contributed by atoms with van der Waals surface area (Å²) in [6.07, 6.45) is -1.92. The van der Waals surface area contributed by atoms with Crippen molar-refractivity contribution in [1.82, 2.24) is 14.8 Å². The molecule has 0 saturated carbocycles. The second-order valence-corrected chi connectivity index (χ2v) is 6.68. The molecule has 1 heterocycles. The van der Waals surface area contributed by atoms with Crippen molar-refractivity contribution in [2.24, 2.45) is 0 Å². The average Bonchev–Trinajstić information content (AvgIpc) is 3.14. The third-order valence-corrected chi connectivity index (χ3v) is 4.73. The van der Waals surface area contributed by atoms with Crippen molar-refractivity contribution >= 4 is 11.6 Å². The zero-order valence-electron chi connectivity index (χ0n) is 14.4. The summed E-state index contributed by atoms with van der Waals surface area (Å²) < 4.78 is 42.7. The van der Waals surface area contributed by atoms with E-state index in [0.29, 0.717) is 16.1 Å². The van der Waals surface area contributed by atoms with Gasteiger partial charge in [0.2, 0.25) is 0 Å². The fourth-order valence-corrected chi connectivity index (χ4v) is 3.10. The molecule has 27 heavy (non-hydrogen) atoms. The standard InChI is InChI=1S/C19H17ClF3N3O/c1-2-18(27,10-26-12-24-11-25-26)16-8-5-14(9-17(16)19(21,22)23)13-3-6-15(20)7-4-13/h3-9,11-12,27H,2,10H2,1H3. The van der Waals surface area contributed by atoms with Crippen molar-refractivity contribution in [3.8, 4) is 11.1 Å². The van der Waals surface area contributed by atoms with Crippen LogP contribution >= 0.6 is 11.6 Å². The second-order valence-electron chi connectivity index (χ2n) is 6.24. The van der Waals surface area contributed by atoms with Crippen molar-refractivity contribution in [2.45, 2.75) is 31.7 Å². The highest BCUT2D eigenvalue weighted by Crippen LogP contribution is 2.41. The van der Waals surface area contributed by atoms with Gasteiger partial charge in [0.25, 0.3) is 0 Å². The van der Waals surface area contributed by atoms with Crippen molar-refractivity contribution in [2.75, 3.05) is 0 Å². The van der Waals surface area contributed by atoms with Gasteiger partial charge in [0.05, 0.1) is 12.1 Å². The lowest BCUT2D eigenvalue weighted by atomic mass is 9.85. The third kappa shape index (κ3) is 4.14. The Morgan fingerprint density at radius 1 is 1.04 bits per heavy atom. The molecule has 1 unspecified atom stereocenters. The van der Waals surface area contributed by atoms with Gasteiger partial charge in [-0.15, -0.1) is 0 Å². The lowest BCUT2D eigenvalue weighted by Crippen LogP contribution is -2.33. The smallest absolute Gasteiger partial charge is 0.383 e. The molecule has 3 aromatic rings. The highest BCUT2D eigenvalue weighted by atomic mass is 35.5. The quantitative estimate of drug-likeness (QED) is 0.667. The summed E-state index contributed by atoms with van der Waals surface area (Å²) in [5, 5.41) is 15.4. The van der Waals surface area contributed by atoms with Crippen molar-refractivity contribution in [3.63, 3.8) is 0 Å². The summed E-state index contributed by atoms with van der Waals surface area (Å²) in [6, 6.07) is 10.5. The first-order valence-corrected chi connectivity index (χ1v) is 8.63. The van der Waals surface area contributed by atoms with E-state index < -0.39 is 17.3 Å². The number of rotatable bonds is 5. The minimum atomic E-state index is -4.62. The summed E-state index contributed by atoms with van der Waals surface area (Å²) in [4.78, 5) is 3.77. The maximum Gasteiger partial charge on any atom is 0.416 e. The molecule has 0 amide bonds. The molecule has 2 aromatic carbocycles. The van der Waals surface area contributed by atoms with Crippen molar-refractivity contribution < 1.29 is 18.3 Å². The second kappa shape index (κ2) is 7.32. The zero-order chi connectivity index (χ0) is 19.7. The predicted octanol–water partition coefficient (Wildman–Crippen LogP) is 4.92. The van der Waals surface area contributed by atoms with Crippen molar-refractivity contribution in [1.29, 1.82) is 0 Å². The SMILES string of the molecule is CCC(O)(Cn1cncn1)c1ccc(-c2ccc(Cl)cc2)cc1C(F)(F)F. The van der Waals surface area contributed by atoms with Crippen LogP contribution in [-0.4, -0.2) is 19.9 Å². The van der Waals surface area contributed by atoms with Gasteiger partial charge in [-0.3, -0.25) is 0 Å². The van der Waals surface area contributed by atoms with Gasteiger partial charge in [0.15, 0.2) is 0 Å². The Bertz CT molecular complexity index is 911. The molecule has 3 rings (SSSR count). The van der Waals surface area contributed by atoms with Crippen LogP contribution in [-0.2, 0) is 18.3 Å². The molecule has 0 fully saturated rings. The molecule has 0 aliphatic rings. The summed E-state index contributed by atoms with van der Waals surface area (Å²) >= 11 is 5.85. The zero-order valence-corrected chi connectivity index (χ0v) is 15.2. The molecule has 1 N–H and O–H groups in total. The number of aromatic nitrogens is 3. The van der Waals surface area contributed by atoms with Crippen LogP contribution < -0.4 is 0 Å². The van der Waals surface area contributed by atoms with Crippen LogP contribution in [0.5, 0.6) is 0 Å². The number of alkyl halides is 3. The lowest BCUT2D eigenvalue weighted by molar-refractivity contribution is -0.141. The van der Waals surface area contributed by atoms with Crippen LogP contribution in [0.2, 0.25) is 5.02 Å². The molecule has 0 aliphatic heterocycles. The first-order chi connectivity index (χ1) is 12.7. The van der Waals surface area contributed by atoms with Crippen LogP contribution in [0.15, 0.2) is 55.1 Å². The molecule has 142 valence electrons. The van der Waals surface area contributed by atoms with E-state index in [2.05, 4.69) is 10.1 Å². The van der Waals surface area contributed by atoms with E-state index >= 15 is 0 Å². The number of benzene rings is 2. The molecule has 8 heteroatoms. The Kier molecular flexibility index (Phi) is 5.26. The van der Waals surface area contributed by atoms with Crippen LogP contribution in [0.4, 0.5) is 13.2 Å². The topological polar surface area (TPSA) is 50.9 Å². The molecule has 1 atom stereocenters. The van der Waals surface area contributed by atoms with Gasteiger partial charge in [-0.2, -0.15) is 18.3 Å². The van der Waals surface area contributed by atoms with E-state index in [4.69, 9.17) is 11.6 Å². The molecule has 0 spiro atoms. The normalized spacial score (nSPS) is 14.1. The average molecular weight is 396 g/mol. The maximum atomic E-state index is 13.8. The minimum Gasteiger partial charge on any atom is -0.383 e. The Morgan fingerprint density at radius 3 is 2.26 bits per heavy atom. The number of aliphatic hydroxyl groups is 1. The Hall–Kier alpha value is -2.38. The molecular formula is C19H17ClF3N3O. The monoisotopic (exact) mass is 395 g/mol. The largest absolute Gasteiger partial charge is 0.416 e. The highest BCUT2D eigenvalue weighted by molar-refractivity contribution is 6.30. The summed E-state index contributed by atoms with van der Waals surface area (Å²) in [6.45, 7) is 1.50. The summed E-state index contributed by atoms with van der Waals surface area (Å²) in [5.41, 5.74) is -1.81. The van der Waals surface area contributed by atoms with Gasteiger partial charge in [-0.1, -0.05) is 42.8 Å². The first kappa shape index (κ1) is 19.4. The molecule has 0 aliphatic carbocycles. The molecule has 0 bridgehead atoms. The summed E-state index contributed by atoms with van der Waals surface area (Å²) in [5.74, 6) is 0. The fraction of sp³-hybridized carbons (Fsp3) is 0.263. The predicted molar refractivity (Wildman–Crippen MR) is 96.1 cm³/mol. The first-order valence-electron chi connectivity index (χ1n) is 8.25. The Morgan fingerprint density at radius 2 is 1.70 bits per heavy atom. The molecule has 1 aromatic heterocycles. The lowest BCUT2D eigenvalue weighted by Gasteiger charge is -2.30. The van der Waals surface area contributed by atoms with Crippen LogP contribution in [0.3, 0.4) is 0 Å². The van der Waals surface area contributed by atoms with Crippen LogP contribution in [0.1, 0.15) is 24.5 Å². The van der Waals surface area contributed by atoms with E-state index in [9.17, 15) is 18.3 Å². The molecular weight excluding hydrogens is 379 g/mol. The van der Waals surface area contributed by atoms with E-state index in [0.717, 1.165) is 6.07 Å².